The van der Waals surface area contributed by atoms with Crippen molar-refractivity contribution in [3.8, 4) is 0 Å². The normalized spacial score (nSPS) is 12.1. The van der Waals surface area contributed by atoms with Crippen LogP contribution in [0.2, 0.25) is 0 Å². The molecule has 0 rings (SSSR count). The standard InChI is InChI=1S/C63H118O6/c1-4-7-10-13-16-19-22-25-28-30-31-33-35-38-41-44-47-50-53-56-62(65)68-59-60(58-67-61(64)55-52-49-46-43-40-37-34-27-24-21-18-15-12-9-6-3)69-63(66)57-54-51-48-45-42-39-36-32-29-26-23-20-17-14-11-8-5-2/h25-26,28-29,60H,4-24,27,30-59H2,1-3H3/b28-25+,29-26+/t60-/m1/s1. The zero-order chi connectivity index (χ0) is 50.0. The van der Waals surface area contributed by atoms with Crippen molar-refractivity contribution in [1.29, 1.82) is 0 Å². The summed E-state index contributed by atoms with van der Waals surface area (Å²) in [5.41, 5.74) is 0. The zero-order valence-electron chi connectivity index (χ0n) is 46.6. The summed E-state index contributed by atoms with van der Waals surface area (Å²) in [5, 5.41) is 0. The Labute approximate surface area is 430 Å². The maximum Gasteiger partial charge on any atom is 0.306 e. The van der Waals surface area contributed by atoms with Crippen LogP contribution in [0.25, 0.3) is 0 Å². The molecule has 0 unspecified atom stereocenters. The minimum atomic E-state index is -0.771. The molecule has 0 heterocycles. The van der Waals surface area contributed by atoms with Gasteiger partial charge in [0.2, 0.25) is 0 Å². The van der Waals surface area contributed by atoms with Crippen LogP contribution in [0.1, 0.15) is 342 Å². The molecule has 6 heteroatoms. The van der Waals surface area contributed by atoms with E-state index in [4.69, 9.17) is 14.2 Å². The molecule has 0 spiro atoms. The van der Waals surface area contributed by atoms with E-state index in [0.717, 1.165) is 57.8 Å². The van der Waals surface area contributed by atoms with E-state index in [1.165, 1.54) is 244 Å². The Morgan fingerprint density at radius 1 is 0.275 bits per heavy atom. The number of ether oxygens (including phenoxy) is 3. The lowest BCUT2D eigenvalue weighted by atomic mass is 10.0. The minimum Gasteiger partial charge on any atom is -0.462 e. The van der Waals surface area contributed by atoms with E-state index < -0.39 is 6.10 Å². The first-order valence-corrected chi connectivity index (χ1v) is 30.8. The average molecular weight is 972 g/mol. The van der Waals surface area contributed by atoms with Gasteiger partial charge in [-0.25, -0.2) is 0 Å². The molecule has 69 heavy (non-hydrogen) atoms. The van der Waals surface area contributed by atoms with Gasteiger partial charge < -0.3 is 14.2 Å². The van der Waals surface area contributed by atoms with E-state index in [-0.39, 0.29) is 31.1 Å². The molecular weight excluding hydrogens is 853 g/mol. The first kappa shape index (κ1) is 66.9. The fourth-order valence-electron chi connectivity index (χ4n) is 9.26. The molecule has 0 aromatic heterocycles. The molecule has 1 atom stereocenters. The Kier molecular flexibility index (Phi) is 56.7. The molecule has 6 nitrogen and oxygen atoms in total. The van der Waals surface area contributed by atoms with Gasteiger partial charge in [-0.2, -0.15) is 0 Å². The lowest BCUT2D eigenvalue weighted by molar-refractivity contribution is -0.167. The monoisotopic (exact) mass is 971 g/mol. The van der Waals surface area contributed by atoms with Crippen molar-refractivity contribution in [1.82, 2.24) is 0 Å². The van der Waals surface area contributed by atoms with Crippen LogP contribution in [0.15, 0.2) is 24.3 Å². The summed E-state index contributed by atoms with van der Waals surface area (Å²) in [6.07, 6.45) is 68.8. The van der Waals surface area contributed by atoms with Crippen molar-refractivity contribution in [2.75, 3.05) is 13.2 Å². The van der Waals surface area contributed by atoms with Crippen molar-refractivity contribution in [2.45, 2.75) is 348 Å². The van der Waals surface area contributed by atoms with E-state index in [9.17, 15) is 14.4 Å². The summed E-state index contributed by atoms with van der Waals surface area (Å²) < 4.78 is 16.9. The van der Waals surface area contributed by atoms with Gasteiger partial charge in [0.15, 0.2) is 6.10 Å². The number of carbonyl (C=O) groups excluding carboxylic acids is 3. The second kappa shape index (κ2) is 58.5. The molecule has 0 aliphatic carbocycles. The molecule has 0 aromatic rings. The van der Waals surface area contributed by atoms with E-state index >= 15 is 0 Å². The molecule has 0 amide bonds. The van der Waals surface area contributed by atoms with Crippen molar-refractivity contribution in [2.24, 2.45) is 0 Å². The Morgan fingerprint density at radius 2 is 0.478 bits per heavy atom. The van der Waals surface area contributed by atoms with Gasteiger partial charge in [-0.05, 0) is 70.6 Å². The highest BCUT2D eigenvalue weighted by Gasteiger charge is 2.19. The topological polar surface area (TPSA) is 78.9 Å². The van der Waals surface area contributed by atoms with Gasteiger partial charge >= 0.3 is 17.9 Å². The molecule has 0 N–H and O–H groups in total. The second-order valence-electron chi connectivity index (χ2n) is 21.0. The molecule has 406 valence electrons. The maximum atomic E-state index is 12.9. The molecule has 0 radical (unpaired) electrons. The van der Waals surface area contributed by atoms with E-state index in [1.54, 1.807) is 0 Å². The van der Waals surface area contributed by atoms with E-state index in [2.05, 4.69) is 45.1 Å². The fourth-order valence-corrected chi connectivity index (χ4v) is 9.26. The van der Waals surface area contributed by atoms with E-state index in [1.807, 2.05) is 0 Å². The van der Waals surface area contributed by atoms with Gasteiger partial charge in [-0.3, -0.25) is 14.4 Å². The van der Waals surface area contributed by atoms with Crippen LogP contribution in [0, 0.1) is 0 Å². The summed E-state index contributed by atoms with van der Waals surface area (Å²) in [6, 6.07) is 0. The highest BCUT2D eigenvalue weighted by Crippen LogP contribution is 2.17. The predicted molar refractivity (Wildman–Crippen MR) is 298 cm³/mol. The smallest absolute Gasteiger partial charge is 0.306 e. The van der Waals surface area contributed by atoms with Crippen LogP contribution < -0.4 is 0 Å². The van der Waals surface area contributed by atoms with Crippen molar-refractivity contribution >= 4 is 17.9 Å². The molecule has 0 bridgehead atoms. The van der Waals surface area contributed by atoms with Gasteiger partial charge in [0.05, 0.1) is 0 Å². The van der Waals surface area contributed by atoms with Crippen molar-refractivity contribution in [3.63, 3.8) is 0 Å². The first-order chi connectivity index (χ1) is 34.0. The molecule has 0 saturated heterocycles. The summed E-state index contributed by atoms with van der Waals surface area (Å²) >= 11 is 0. The molecular formula is C63H118O6. The Balaban J connectivity index is 4.32. The number of carbonyl (C=O) groups is 3. The number of hydrogen-bond donors (Lipinski definition) is 0. The third kappa shape index (κ3) is 56.7. The summed E-state index contributed by atoms with van der Waals surface area (Å²) in [7, 11) is 0. The highest BCUT2D eigenvalue weighted by atomic mass is 16.6. The van der Waals surface area contributed by atoms with Crippen LogP contribution in [0.3, 0.4) is 0 Å². The van der Waals surface area contributed by atoms with Crippen LogP contribution in [0.4, 0.5) is 0 Å². The van der Waals surface area contributed by atoms with E-state index in [0.29, 0.717) is 19.3 Å². The van der Waals surface area contributed by atoms with Gasteiger partial charge in [-0.15, -0.1) is 0 Å². The molecule has 0 fully saturated rings. The largest absolute Gasteiger partial charge is 0.462 e. The van der Waals surface area contributed by atoms with Gasteiger partial charge in [0.1, 0.15) is 13.2 Å². The summed E-state index contributed by atoms with van der Waals surface area (Å²) in [4.78, 5) is 38.2. The number of rotatable bonds is 57. The average Bonchev–Trinajstić information content (AvgIpc) is 3.35. The first-order valence-electron chi connectivity index (χ1n) is 30.8. The maximum absolute atomic E-state index is 12.9. The lowest BCUT2D eigenvalue weighted by Gasteiger charge is -2.18. The molecule has 0 aliphatic rings. The van der Waals surface area contributed by atoms with Crippen LogP contribution in [0.5, 0.6) is 0 Å². The second-order valence-corrected chi connectivity index (χ2v) is 21.0. The summed E-state index contributed by atoms with van der Waals surface area (Å²) in [6.45, 7) is 6.69. The Bertz CT molecular complexity index is 1110. The number of hydrogen-bond acceptors (Lipinski definition) is 6. The fraction of sp³-hybridized carbons (Fsp3) is 0.889. The number of esters is 3. The predicted octanol–water partition coefficient (Wildman–Crippen LogP) is 20.7. The van der Waals surface area contributed by atoms with Crippen molar-refractivity contribution < 1.29 is 28.6 Å². The van der Waals surface area contributed by atoms with Gasteiger partial charge in [0, 0.05) is 19.3 Å². The van der Waals surface area contributed by atoms with Crippen LogP contribution in [-0.2, 0) is 28.6 Å². The quantitative estimate of drug-likeness (QED) is 0.0261. The zero-order valence-corrected chi connectivity index (χ0v) is 46.6. The highest BCUT2D eigenvalue weighted by molar-refractivity contribution is 5.71. The Morgan fingerprint density at radius 3 is 0.725 bits per heavy atom. The van der Waals surface area contributed by atoms with Crippen LogP contribution in [-0.4, -0.2) is 37.2 Å². The molecule has 0 aliphatic heterocycles. The third-order valence-electron chi connectivity index (χ3n) is 13.9. The van der Waals surface area contributed by atoms with Crippen LogP contribution >= 0.6 is 0 Å². The summed E-state index contributed by atoms with van der Waals surface area (Å²) in [5.74, 6) is -0.851. The molecule has 0 saturated carbocycles. The minimum absolute atomic E-state index is 0.0687. The Hall–Kier alpha value is -2.11. The van der Waals surface area contributed by atoms with Crippen molar-refractivity contribution in [3.05, 3.63) is 24.3 Å². The third-order valence-corrected chi connectivity index (χ3v) is 13.9. The lowest BCUT2D eigenvalue weighted by Crippen LogP contribution is -2.30. The van der Waals surface area contributed by atoms with Gasteiger partial charge in [-0.1, -0.05) is 276 Å². The van der Waals surface area contributed by atoms with Gasteiger partial charge in [0.25, 0.3) is 0 Å². The molecule has 0 aromatic carbocycles. The SMILES string of the molecule is CCCCCCCC/C=C/CCCCCCCCCCCC(=O)OC[C@@H](COC(=O)CCCCCCCCCCCCCCCCC)OC(=O)CCCCCCCCC/C=C/CCCCCCCC. The number of allylic oxidation sites excluding steroid dienone is 4. The number of unbranched alkanes of at least 4 members (excludes halogenated alkanes) is 42.